The van der Waals surface area contributed by atoms with Crippen molar-refractivity contribution >= 4 is 27.1 Å². The molecule has 0 saturated heterocycles. The zero-order valence-electron chi connectivity index (χ0n) is 9.91. The largest absolute Gasteiger partial charge is 0.399 e. The average Bonchev–Trinajstić information content (AvgIpc) is 2.94. The lowest BCUT2D eigenvalue weighted by Crippen LogP contribution is -2.24. The first-order chi connectivity index (χ1) is 8.31. The number of fused-ring (bicyclic) bond motifs is 1. The monoisotopic (exact) mass is 246 g/mol. The summed E-state index contributed by atoms with van der Waals surface area (Å²) in [4.78, 5) is 1.41. The summed E-state index contributed by atoms with van der Waals surface area (Å²) in [5.41, 5.74) is 6.65. The van der Waals surface area contributed by atoms with Gasteiger partial charge in [0.2, 0.25) is 0 Å². The van der Waals surface area contributed by atoms with Crippen molar-refractivity contribution < 1.29 is 0 Å². The molecule has 3 N–H and O–H groups in total. The van der Waals surface area contributed by atoms with Gasteiger partial charge < -0.3 is 11.1 Å². The van der Waals surface area contributed by atoms with Crippen LogP contribution in [0.3, 0.4) is 0 Å². The van der Waals surface area contributed by atoms with E-state index in [4.69, 9.17) is 5.73 Å². The number of rotatable bonds is 3. The molecule has 0 bridgehead atoms. The van der Waals surface area contributed by atoms with Crippen LogP contribution in [0.1, 0.15) is 30.6 Å². The summed E-state index contributed by atoms with van der Waals surface area (Å²) in [7, 11) is 0. The van der Waals surface area contributed by atoms with Crippen molar-refractivity contribution in [1.29, 1.82) is 0 Å². The molecular formula is C14H18N2S. The quantitative estimate of drug-likeness (QED) is 0.813. The zero-order valence-corrected chi connectivity index (χ0v) is 10.7. The molecule has 0 amide bonds. The minimum absolute atomic E-state index is 0.741. The first-order valence-electron chi connectivity index (χ1n) is 6.32. The zero-order chi connectivity index (χ0) is 11.7. The lowest BCUT2D eigenvalue weighted by atomic mass is 10.2. The van der Waals surface area contributed by atoms with Crippen LogP contribution in [-0.4, -0.2) is 6.04 Å². The van der Waals surface area contributed by atoms with Crippen LogP contribution < -0.4 is 11.1 Å². The second-order valence-corrected chi connectivity index (χ2v) is 6.04. The summed E-state index contributed by atoms with van der Waals surface area (Å²) in [5, 5.41) is 4.97. The first kappa shape index (κ1) is 11.1. The summed E-state index contributed by atoms with van der Waals surface area (Å²) in [6, 6.07) is 9.18. The molecule has 1 aliphatic carbocycles. The Hall–Kier alpha value is -1.06. The van der Waals surface area contributed by atoms with E-state index in [1.807, 2.05) is 17.4 Å². The second kappa shape index (κ2) is 4.67. The molecule has 1 aliphatic rings. The van der Waals surface area contributed by atoms with Crippen LogP contribution in [0.2, 0.25) is 0 Å². The number of nitrogens with two attached hydrogens (primary N) is 1. The molecule has 3 heteroatoms. The van der Waals surface area contributed by atoms with Gasteiger partial charge >= 0.3 is 0 Å². The highest BCUT2D eigenvalue weighted by atomic mass is 32.1. The number of hydrogen-bond acceptors (Lipinski definition) is 3. The van der Waals surface area contributed by atoms with Gasteiger partial charge in [-0.25, -0.2) is 0 Å². The third kappa shape index (κ3) is 2.45. The average molecular weight is 246 g/mol. The molecular weight excluding hydrogens is 228 g/mol. The number of thiophene rings is 1. The molecule has 0 unspecified atom stereocenters. The Labute approximate surface area is 106 Å². The second-order valence-electron chi connectivity index (χ2n) is 4.87. The van der Waals surface area contributed by atoms with Gasteiger partial charge in [0.15, 0.2) is 0 Å². The van der Waals surface area contributed by atoms with E-state index in [0.717, 1.165) is 18.3 Å². The first-order valence-corrected chi connectivity index (χ1v) is 7.14. The lowest BCUT2D eigenvalue weighted by molar-refractivity contribution is 0.527. The smallest absolute Gasteiger partial charge is 0.0366 e. The summed E-state index contributed by atoms with van der Waals surface area (Å²) in [6.45, 7) is 1.00. The maximum Gasteiger partial charge on any atom is 0.0366 e. The standard InChI is InChI=1S/C14H18N2S/c15-11-6-5-10-7-13(17-14(10)8-11)9-16-12-3-1-2-4-12/h5-8,12,16H,1-4,9,15H2. The molecule has 0 spiro atoms. The van der Waals surface area contributed by atoms with Crippen molar-refractivity contribution in [2.24, 2.45) is 0 Å². The molecule has 1 saturated carbocycles. The van der Waals surface area contributed by atoms with E-state index in [2.05, 4.69) is 23.5 Å². The lowest BCUT2D eigenvalue weighted by Gasteiger charge is -2.09. The van der Waals surface area contributed by atoms with E-state index in [-0.39, 0.29) is 0 Å². The van der Waals surface area contributed by atoms with E-state index in [1.165, 1.54) is 40.6 Å². The fourth-order valence-electron chi connectivity index (χ4n) is 2.56. The van der Waals surface area contributed by atoms with Gasteiger partial charge in [-0.05, 0) is 36.4 Å². The fourth-order valence-corrected chi connectivity index (χ4v) is 3.63. The van der Waals surface area contributed by atoms with Crippen LogP contribution in [0.5, 0.6) is 0 Å². The van der Waals surface area contributed by atoms with Crippen molar-refractivity contribution in [1.82, 2.24) is 5.32 Å². The number of anilines is 1. The Bertz CT molecular complexity index is 512. The predicted octanol–water partition coefficient (Wildman–Crippen LogP) is 3.52. The van der Waals surface area contributed by atoms with E-state index < -0.39 is 0 Å². The number of nitrogens with one attached hydrogen (secondary N) is 1. The predicted molar refractivity (Wildman–Crippen MR) is 75.3 cm³/mol. The van der Waals surface area contributed by atoms with Crippen molar-refractivity contribution in [3.05, 3.63) is 29.1 Å². The molecule has 2 nitrogen and oxygen atoms in total. The molecule has 17 heavy (non-hydrogen) atoms. The van der Waals surface area contributed by atoms with Gasteiger partial charge in [-0.3, -0.25) is 0 Å². The Morgan fingerprint density at radius 1 is 1.24 bits per heavy atom. The molecule has 1 heterocycles. The number of nitrogen functional groups attached to an aromatic ring is 1. The van der Waals surface area contributed by atoms with Crippen LogP contribution in [0.15, 0.2) is 24.3 Å². The maximum absolute atomic E-state index is 5.80. The van der Waals surface area contributed by atoms with Crippen LogP contribution >= 0.6 is 11.3 Å². The topological polar surface area (TPSA) is 38.0 Å². The fraction of sp³-hybridized carbons (Fsp3) is 0.429. The molecule has 1 aromatic carbocycles. The highest BCUT2D eigenvalue weighted by Crippen LogP contribution is 2.28. The van der Waals surface area contributed by atoms with Gasteiger partial charge in [0.05, 0.1) is 0 Å². The highest BCUT2D eigenvalue weighted by molar-refractivity contribution is 7.19. The third-order valence-corrected chi connectivity index (χ3v) is 4.61. The normalized spacial score (nSPS) is 16.9. The van der Waals surface area contributed by atoms with Gasteiger partial charge in [-0.2, -0.15) is 0 Å². The molecule has 1 aromatic heterocycles. The van der Waals surface area contributed by atoms with Crippen LogP contribution in [0.25, 0.3) is 10.1 Å². The Morgan fingerprint density at radius 3 is 2.88 bits per heavy atom. The molecule has 3 rings (SSSR count). The highest BCUT2D eigenvalue weighted by Gasteiger charge is 2.14. The summed E-state index contributed by atoms with van der Waals surface area (Å²) in [6.07, 6.45) is 5.47. The van der Waals surface area contributed by atoms with E-state index in [9.17, 15) is 0 Å². The Kier molecular flexibility index (Phi) is 3.04. The van der Waals surface area contributed by atoms with Gasteiger partial charge in [0, 0.05) is 27.9 Å². The van der Waals surface area contributed by atoms with Crippen molar-refractivity contribution in [3.63, 3.8) is 0 Å². The van der Waals surface area contributed by atoms with Gasteiger partial charge in [0.1, 0.15) is 0 Å². The number of benzene rings is 1. The SMILES string of the molecule is Nc1ccc2cc(CNC3CCCC3)sc2c1. The minimum atomic E-state index is 0.741. The van der Waals surface area contributed by atoms with Gasteiger partial charge in [-0.1, -0.05) is 18.9 Å². The van der Waals surface area contributed by atoms with Crippen LogP contribution in [-0.2, 0) is 6.54 Å². The minimum Gasteiger partial charge on any atom is -0.399 e. The molecule has 0 aliphatic heterocycles. The number of hydrogen-bond donors (Lipinski definition) is 2. The third-order valence-electron chi connectivity index (χ3n) is 3.52. The van der Waals surface area contributed by atoms with Gasteiger partial charge in [0.25, 0.3) is 0 Å². The van der Waals surface area contributed by atoms with Crippen molar-refractivity contribution in [3.8, 4) is 0 Å². The summed E-state index contributed by atoms with van der Waals surface area (Å²) < 4.78 is 1.30. The maximum atomic E-state index is 5.80. The summed E-state index contributed by atoms with van der Waals surface area (Å²) in [5.74, 6) is 0. The van der Waals surface area contributed by atoms with Crippen LogP contribution in [0.4, 0.5) is 5.69 Å². The van der Waals surface area contributed by atoms with Crippen molar-refractivity contribution in [2.75, 3.05) is 5.73 Å². The summed E-state index contributed by atoms with van der Waals surface area (Å²) >= 11 is 1.85. The van der Waals surface area contributed by atoms with E-state index in [0.29, 0.717) is 0 Å². The van der Waals surface area contributed by atoms with Crippen LogP contribution in [0, 0.1) is 0 Å². The molecule has 0 atom stereocenters. The molecule has 0 radical (unpaired) electrons. The van der Waals surface area contributed by atoms with E-state index in [1.54, 1.807) is 0 Å². The Balaban J connectivity index is 1.72. The van der Waals surface area contributed by atoms with E-state index >= 15 is 0 Å². The van der Waals surface area contributed by atoms with Crippen molar-refractivity contribution in [2.45, 2.75) is 38.3 Å². The molecule has 1 fully saturated rings. The van der Waals surface area contributed by atoms with Gasteiger partial charge in [-0.15, -0.1) is 11.3 Å². The Morgan fingerprint density at radius 2 is 2.06 bits per heavy atom. The molecule has 2 aromatic rings. The molecule has 90 valence electrons.